The van der Waals surface area contributed by atoms with Gasteiger partial charge in [-0.3, -0.25) is 0 Å². The van der Waals surface area contributed by atoms with Gasteiger partial charge in [-0.25, -0.2) is 0 Å². The molecule has 2 aliphatic carbocycles. The van der Waals surface area contributed by atoms with E-state index in [1.54, 1.807) is 0 Å². The van der Waals surface area contributed by atoms with Gasteiger partial charge in [0.15, 0.2) is 0 Å². The molecular weight excluding hydrogens is 500 g/mol. The second-order valence-electron chi connectivity index (χ2n) is 9.82. The normalized spacial score (nSPS) is 16.6. The van der Waals surface area contributed by atoms with E-state index in [0.29, 0.717) is 0 Å². The van der Waals surface area contributed by atoms with Crippen LogP contribution in [0.5, 0.6) is 0 Å². The molecule has 6 aromatic rings. The highest BCUT2D eigenvalue weighted by Crippen LogP contribution is 2.64. The summed E-state index contributed by atoms with van der Waals surface area (Å²) in [5.41, 5.74) is 13.1. The second-order valence-corrected chi connectivity index (χ2v) is 10.7. The first kappa shape index (κ1) is 20.3. The molecule has 0 N–H and O–H groups in total. The van der Waals surface area contributed by atoms with E-state index in [9.17, 15) is 0 Å². The maximum absolute atomic E-state index is 3.59. The minimum absolute atomic E-state index is 0.343. The van der Waals surface area contributed by atoms with Gasteiger partial charge in [0.1, 0.15) is 0 Å². The SMILES string of the molecule is Brc1ccc(-c2ccc3c(c2)C2(c4ccccc4-3)c3ccccc3-c3ccc4ccccc4c32)cc1. The number of halogens is 1. The maximum Gasteiger partial charge on any atom is 0.0731 e. The zero-order chi connectivity index (χ0) is 23.9. The van der Waals surface area contributed by atoms with Crippen LogP contribution in [0.25, 0.3) is 44.2 Å². The average Bonchev–Trinajstić information content (AvgIpc) is 3.40. The van der Waals surface area contributed by atoms with Gasteiger partial charge >= 0.3 is 0 Å². The fourth-order valence-electron chi connectivity index (χ4n) is 6.74. The van der Waals surface area contributed by atoms with Gasteiger partial charge in [0.25, 0.3) is 0 Å². The van der Waals surface area contributed by atoms with Crippen LogP contribution in [0.4, 0.5) is 0 Å². The summed E-state index contributed by atoms with van der Waals surface area (Å²) in [6, 6.07) is 47.3. The maximum atomic E-state index is 3.59. The molecule has 0 saturated carbocycles. The van der Waals surface area contributed by atoms with E-state index in [1.807, 2.05) is 0 Å². The topological polar surface area (TPSA) is 0 Å². The van der Waals surface area contributed by atoms with Crippen molar-refractivity contribution in [1.29, 1.82) is 0 Å². The Morgan fingerprint density at radius 3 is 1.81 bits per heavy atom. The lowest BCUT2D eigenvalue weighted by Crippen LogP contribution is -2.26. The highest BCUT2D eigenvalue weighted by atomic mass is 79.9. The van der Waals surface area contributed by atoms with Crippen molar-refractivity contribution in [2.24, 2.45) is 0 Å². The molecule has 0 bridgehead atoms. The third kappa shape index (κ3) is 2.49. The lowest BCUT2D eigenvalue weighted by molar-refractivity contribution is 0.801. The molecule has 1 heteroatoms. The Morgan fingerprint density at radius 1 is 0.444 bits per heavy atom. The summed E-state index contributed by atoms with van der Waals surface area (Å²) in [4.78, 5) is 0. The van der Waals surface area contributed by atoms with Crippen molar-refractivity contribution in [3.8, 4) is 33.4 Å². The molecule has 8 rings (SSSR count). The molecule has 0 fully saturated rings. The van der Waals surface area contributed by atoms with Crippen molar-refractivity contribution < 1.29 is 0 Å². The van der Waals surface area contributed by atoms with E-state index in [1.165, 1.54) is 66.4 Å². The summed E-state index contributed by atoms with van der Waals surface area (Å²) in [5.74, 6) is 0. The molecule has 0 saturated heterocycles. The summed E-state index contributed by atoms with van der Waals surface area (Å²) in [5, 5.41) is 2.63. The van der Waals surface area contributed by atoms with Gasteiger partial charge in [-0.2, -0.15) is 0 Å². The molecule has 0 nitrogen and oxygen atoms in total. The molecule has 1 unspecified atom stereocenters. The molecule has 1 atom stereocenters. The van der Waals surface area contributed by atoms with Crippen LogP contribution in [0.15, 0.2) is 132 Å². The monoisotopic (exact) mass is 520 g/mol. The molecule has 0 amide bonds. The standard InChI is InChI=1S/C35H21Br/c36-25-17-13-22(14-18-25)24-16-19-29-27-9-3-5-11-31(27)35(33(29)21-24)32-12-6-4-10-28(32)30-20-15-23-7-1-2-8-26(23)34(30)35/h1-21H. The van der Waals surface area contributed by atoms with E-state index in [4.69, 9.17) is 0 Å². The first-order chi connectivity index (χ1) is 17.8. The molecular formula is C35H21Br. The van der Waals surface area contributed by atoms with Crippen LogP contribution in [0.2, 0.25) is 0 Å². The van der Waals surface area contributed by atoms with Gasteiger partial charge in [0.2, 0.25) is 0 Å². The summed E-state index contributed by atoms with van der Waals surface area (Å²) < 4.78 is 1.10. The van der Waals surface area contributed by atoms with Gasteiger partial charge in [0, 0.05) is 4.47 Å². The van der Waals surface area contributed by atoms with Crippen LogP contribution in [0, 0.1) is 0 Å². The van der Waals surface area contributed by atoms with Crippen molar-refractivity contribution in [3.63, 3.8) is 0 Å². The molecule has 0 heterocycles. The Balaban J connectivity index is 1.56. The molecule has 0 aliphatic heterocycles. The minimum Gasteiger partial charge on any atom is -0.0619 e. The van der Waals surface area contributed by atoms with Crippen LogP contribution >= 0.6 is 15.9 Å². The first-order valence-electron chi connectivity index (χ1n) is 12.4. The second kappa shape index (κ2) is 7.29. The van der Waals surface area contributed by atoms with Crippen molar-refractivity contribution in [3.05, 3.63) is 154 Å². The first-order valence-corrected chi connectivity index (χ1v) is 13.2. The number of fused-ring (bicyclic) bond motifs is 12. The Labute approximate surface area is 219 Å². The molecule has 2 aliphatic rings. The van der Waals surface area contributed by atoms with Gasteiger partial charge in [-0.15, -0.1) is 0 Å². The Bertz CT molecular complexity index is 1830. The summed E-state index contributed by atoms with van der Waals surface area (Å²) in [7, 11) is 0. The van der Waals surface area contributed by atoms with Crippen LogP contribution < -0.4 is 0 Å². The van der Waals surface area contributed by atoms with Crippen molar-refractivity contribution in [1.82, 2.24) is 0 Å². The van der Waals surface area contributed by atoms with Crippen molar-refractivity contribution >= 4 is 26.7 Å². The van der Waals surface area contributed by atoms with Crippen molar-refractivity contribution in [2.45, 2.75) is 5.41 Å². The van der Waals surface area contributed by atoms with Crippen LogP contribution in [0.1, 0.15) is 22.3 Å². The largest absolute Gasteiger partial charge is 0.0731 e. The van der Waals surface area contributed by atoms with Gasteiger partial charge < -0.3 is 0 Å². The summed E-state index contributed by atoms with van der Waals surface area (Å²) in [6.45, 7) is 0. The Hall–Kier alpha value is -3.94. The highest BCUT2D eigenvalue weighted by molar-refractivity contribution is 9.10. The fraction of sp³-hybridized carbons (Fsp3) is 0.0286. The number of hydrogen-bond acceptors (Lipinski definition) is 0. The van der Waals surface area contributed by atoms with Gasteiger partial charge in [-0.1, -0.05) is 125 Å². The third-order valence-electron chi connectivity index (χ3n) is 8.15. The van der Waals surface area contributed by atoms with E-state index in [-0.39, 0.29) is 5.41 Å². The van der Waals surface area contributed by atoms with E-state index >= 15 is 0 Å². The molecule has 168 valence electrons. The number of benzene rings is 6. The lowest BCUT2D eigenvalue weighted by atomic mass is 9.69. The van der Waals surface area contributed by atoms with E-state index in [2.05, 4.69) is 143 Å². The molecule has 1 spiro atoms. The number of rotatable bonds is 1. The molecule has 0 aromatic heterocycles. The van der Waals surface area contributed by atoms with Gasteiger partial charge in [0.05, 0.1) is 5.41 Å². The van der Waals surface area contributed by atoms with Crippen LogP contribution in [0.3, 0.4) is 0 Å². The predicted octanol–water partition coefficient (Wildman–Crippen LogP) is 9.61. The Morgan fingerprint density at radius 2 is 1.03 bits per heavy atom. The van der Waals surface area contributed by atoms with E-state index < -0.39 is 0 Å². The summed E-state index contributed by atoms with van der Waals surface area (Å²) in [6.07, 6.45) is 0. The van der Waals surface area contributed by atoms with E-state index in [0.717, 1.165) is 4.47 Å². The van der Waals surface area contributed by atoms with Gasteiger partial charge in [-0.05, 0) is 84.6 Å². The highest BCUT2D eigenvalue weighted by Gasteiger charge is 2.52. The third-order valence-corrected chi connectivity index (χ3v) is 8.68. The lowest BCUT2D eigenvalue weighted by Gasteiger charge is -2.31. The molecule has 36 heavy (non-hydrogen) atoms. The quantitative estimate of drug-likeness (QED) is 0.202. The zero-order valence-electron chi connectivity index (χ0n) is 19.5. The zero-order valence-corrected chi connectivity index (χ0v) is 21.1. The summed E-state index contributed by atoms with van der Waals surface area (Å²) >= 11 is 3.59. The predicted molar refractivity (Wildman–Crippen MR) is 153 cm³/mol. The van der Waals surface area contributed by atoms with Crippen molar-refractivity contribution in [2.75, 3.05) is 0 Å². The minimum atomic E-state index is -0.343. The Kier molecular flexibility index (Phi) is 4.10. The van der Waals surface area contributed by atoms with Crippen LogP contribution in [-0.4, -0.2) is 0 Å². The molecule has 6 aromatic carbocycles. The average molecular weight is 521 g/mol. The smallest absolute Gasteiger partial charge is 0.0619 e. The molecule has 0 radical (unpaired) electrons. The number of hydrogen-bond donors (Lipinski definition) is 0. The fourth-order valence-corrected chi connectivity index (χ4v) is 7.00. The van der Waals surface area contributed by atoms with Crippen LogP contribution in [-0.2, 0) is 5.41 Å².